The number of nitrogens with zero attached hydrogens (tertiary/aromatic N) is 26. The van der Waals surface area contributed by atoms with Crippen molar-refractivity contribution < 1.29 is 39.5 Å². The van der Waals surface area contributed by atoms with Gasteiger partial charge >= 0.3 is 11.9 Å². The standard InChI is InChI=1S/2C23H23N3O5.6C6H12N3PS.C5H5N5S.ClH/c2*1-4-23(30)16-8-18-20-12(9-26(18)21(28)15(16)11-31-22(23)29)7-13-14(10-25(2)3)19(27)6-5-17(13)24-20;6*11-10(7-1-2-7,8-3-4-8)9-5-6-9;6-5-9-3-2(4(11)10-5)7-1-8-3;/h2*5-8,27,30H,4,9-11H2,1-3H3;6*1-6H2;1H,(H4,6,7,8,9,10,11);1H/t2*23-;;;;;;;;/m00......../s1. The maximum Gasteiger partial charge on any atom is 0.343 e. The number of hydrogen-bond acceptors (Lipinski definition) is 24. The molecule has 28 heterocycles. The van der Waals surface area contributed by atoms with Gasteiger partial charge in [0.25, 0.3) is 11.1 Å². The summed E-state index contributed by atoms with van der Waals surface area (Å²) in [5, 5.41) is 44.4. The minimum Gasteiger partial charge on any atom is -0.508 e. The molecule has 0 saturated carbocycles. The lowest BCUT2D eigenvalue weighted by atomic mass is 9.86. The van der Waals surface area contributed by atoms with Crippen LogP contribution in [0, 0.1) is 4.64 Å². The number of phenolic OH excluding ortho intramolecular Hbond substituents is 2. The summed E-state index contributed by atoms with van der Waals surface area (Å²) in [4.78, 5) is 78.0. The van der Waals surface area contributed by atoms with Gasteiger partial charge in [-0.3, -0.25) is 9.59 Å². The number of aromatic amines is 2. The molecule has 2 atom stereocenters. The number of benzene rings is 2. The molecule has 140 heavy (non-hydrogen) atoms. The van der Waals surface area contributed by atoms with Gasteiger partial charge in [-0.2, -0.15) is 0 Å². The Kier molecular flexibility index (Phi) is 28.2. The van der Waals surface area contributed by atoms with Crippen molar-refractivity contribution in [2.45, 2.75) is 77.3 Å². The van der Waals surface area contributed by atoms with Crippen LogP contribution in [0.15, 0.2) is 64.4 Å². The lowest BCUT2D eigenvalue weighted by Gasteiger charge is -2.31. The summed E-state index contributed by atoms with van der Waals surface area (Å²) in [6.07, 6.45) is 1.75. The number of anilines is 1. The van der Waals surface area contributed by atoms with E-state index in [1.807, 2.05) is 50.1 Å². The van der Waals surface area contributed by atoms with Gasteiger partial charge in [0.2, 0.25) is 5.95 Å². The Bertz CT molecular complexity index is 5980. The lowest BCUT2D eigenvalue weighted by Crippen LogP contribution is -2.44. The molecule has 8 N–H and O–H groups in total. The number of rotatable bonds is 24. The molecular formula is C87H124ClN29O10P6S7. The minimum atomic E-state index is -1.84. The van der Waals surface area contributed by atoms with E-state index in [-0.39, 0.29) is 67.0 Å². The number of carbonyl (C=O) groups is 2. The molecule has 53 heteroatoms. The van der Waals surface area contributed by atoms with Gasteiger partial charge in [0.1, 0.15) is 69.2 Å². The second-order valence-electron chi connectivity index (χ2n) is 39.2. The van der Waals surface area contributed by atoms with Gasteiger partial charge in [-0.1, -0.05) is 26.1 Å². The molecule has 0 amide bonds. The van der Waals surface area contributed by atoms with Crippen LogP contribution >= 0.6 is 63.6 Å². The van der Waals surface area contributed by atoms with Crippen LogP contribution in [0.1, 0.15) is 71.2 Å². The van der Waals surface area contributed by atoms with E-state index in [9.17, 15) is 39.6 Å². The third-order valence-corrected chi connectivity index (χ3v) is 61.3. The first-order valence-electron chi connectivity index (χ1n) is 48.5. The second-order valence-corrected chi connectivity index (χ2v) is 64.8. The fourth-order valence-corrected chi connectivity index (χ4v) is 45.2. The first kappa shape index (κ1) is 101. The smallest absolute Gasteiger partial charge is 0.343 e. The van der Waals surface area contributed by atoms with E-state index in [4.69, 9.17) is 108 Å². The Hall–Kier alpha value is -4.42. The summed E-state index contributed by atoms with van der Waals surface area (Å²) < 4.78 is 58.7. The minimum absolute atomic E-state index is 0. The van der Waals surface area contributed by atoms with Crippen LogP contribution in [0.2, 0.25) is 0 Å². The van der Waals surface area contributed by atoms with E-state index in [1.165, 1.54) is 242 Å². The van der Waals surface area contributed by atoms with E-state index in [0.29, 0.717) is 98.0 Å². The Balaban J connectivity index is 0.0000000974. The summed E-state index contributed by atoms with van der Waals surface area (Å²) in [5.74, 6) is -0.778. The second kappa shape index (κ2) is 38.9. The maximum absolute atomic E-state index is 13.2. The van der Waals surface area contributed by atoms with Crippen LogP contribution < -0.4 is 16.9 Å². The number of carbonyl (C=O) groups excluding carboxylic acids is 2. The van der Waals surface area contributed by atoms with Crippen molar-refractivity contribution >= 4 is 185 Å². The molecule has 756 valence electrons. The highest BCUT2D eigenvalue weighted by Crippen LogP contribution is 2.70. The third kappa shape index (κ3) is 20.1. The fraction of sp³-hybridized carbons (Fsp3) is 0.598. The number of halogens is 1. The number of nitrogen functional groups attached to an aromatic ring is 1. The Morgan fingerprint density at radius 3 is 0.907 bits per heavy atom. The number of ether oxygens (including phenoxy) is 2. The Morgan fingerprint density at radius 2 is 0.671 bits per heavy atom. The molecule has 0 unspecified atom stereocenters. The summed E-state index contributed by atoms with van der Waals surface area (Å²) in [6, 6.07) is 14.1. The third-order valence-electron chi connectivity index (χ3n) is 28.1. The monoisotopic (exact) mass is 2180 g/mol. The van der Waals surface area contributed by atoms with Crippen LogP contribution in [0.5, 0.6) is 11.5 Å². The highest BCUT2D eigenvalue weighted by molar-refractivity contribution is 8.13. The Morgan fingerprint density at radius 1 is 0.414 bits per heavy atom. The van der Waals surface area contributed by atoms with Gasteiger partial charge < -0.3 is 64.5 Å². The zero-order valence-corrected chi connectivity index (χ0v) is 91.6. The predicted molar refractivity (Wildman–Crippen MR) is 572 cm³/mol. The van der Waals surface area contributed by atoms with Gasteiger partial charge in [-0.15, -0.1) is 12.4 Å². The van der Waals surface area contributed by atoms with Crippen molar-refractivity contribution in [1.82, 2.24) is 133 Å². The van der Waals surface area contributed by atoms with E-state index in [2.05, 4.69) is 104 Å². The molecule has 0 aliphatic carbocycles. The molecule has 22 aliphatic rings. The zero-order valence-electron chi connectivity index (χ0n) is 79.7. The molecule has 8 aromatic rings. The molecule has 39 nitrogen and oxygen atoms in total. The average molecular weight is 2180 g/mol. The number of phenols is 2. The van der Waals surface area contributed by atoms with E-state index in [1.54, 1.807) is 59.4 Å². The first-order chi connectivity index (χ1) is 66.6. The van der Waals surface area contributed by atoms with Crippen LogP contribution in [-0.4, -0.2) is 429 Å². The van der Waals surface area contributed by atoms with Crippen LogP contribution in [0.4, 0.5) is 5.95 Å². The summed E-state index contributed by atoms with van der Waals surface area (Å²) >= 11 is 39.4. The molecule has 6 aromatic heterocycles. The van der Waals surface area contributed by atoms with Crippen molar-refractivity contribution in [1.29, 1.82) is 0 Å². The number of imidazole rings is 1. The number of H-pyrrole nitrogens is 2. The summed E-state index contributed by atoms with van der Waals surface area (Å²) in [7, 11) is 7.71. The number of fused-ring (bicyclic) bond motifs is 11. The number of aromatic hydroxyl groups is 2. The van der Waals surface area contributed by atoms with Gasteiger partial charge in [-0.05, 0) is 160 Å². The molecule has 18 fully saturated rings. The van der Waals surface area contributed by atoms with Crippen molar-refractivity contribution in [3.63, 3.8) is 0 Å². The van der Waals surface area contributed by atoms with Gasteiger partial charge in [0.15, 0.2) is 21.5 Å². The number of hydrogen-bond donors (Lipinski definition) is 7. The molecule has 30 rings (SSSR count). The van der Waals surface area contributed by atoms with Crippen LogP contribution in [0.25, 0.3) is 55.7 Å². The number of cyclic esters (lactones) is 2. The zero-order chi connectivity index (χ0) is 96.8. The number of esters is 2. The van der Waals surface area contributed by atoms with E-state index < -0.39 is 62.1 Å². The topological polar surface area (TPSA) is 347 Å². The lowest BCUT2D eigenvalue weighted by molar-refractivity contribution is -0.172. The average Bonchev–Trinajstić information content (AvgIpc) is 1.75. The predicted octanol–water partition coefficient (Wildman–Crippen LogP) is 5.66. The van der Waals surface area contributed by atoms with Gasteiger partial charge in [0, 0.05) is 293 Å². The molecule has 0 spiro atoms. The SMILES string of the molecule is CC[C@@]1(O)C(=O)OCc2c1cc1n(c2=O)Cc2cc3c(CN(C)C)c(O)ccc3nc2-1.CC[C@@]1(O)C(=O)OCc2c1cc1n(c2=O)Cc2cc3c(CN(C)C)c(O)ccc3nc2-1.Cl.Nc1nc(=S)c2[nH]cnc2[nH]1.S=P(N1CC1)(N1CC1)N1CC1.S=P(N1CC1)(N1CC1)N1CC1.S=P(N1CC1)(N1CC1)N1CC1.S=P(N1CC1)(N1CC1)N1CC1.S=P(N1CC1)(N1CC1)N1CC1.S=P(N1CC1)(N1CC1)N1CC1. The van der Waals surface area contributed by atoms with Gasteiger partial charge in [-0.25, -0.2) is 114 Å². The largest absolute Gasteiger partial charge is 0.508 e. The highest BCUT2D eigenvalue weighted by atomic mass is 35.5. The van der Waals surface area contributed by atoms with Crippen LogP contribution in [0.3, 0.4) is 0 Å². The summed E-state index contributed by atoms with van der Waals surface area (Å²) in [6.45, 7) is 42.4. The van der Waals surface area contributed by atoms with E-state index >= 15 is 0 Å². The number of nitrogens with one attached hydrogen (secondary N) is 2. The molecule has 2 aromatic carbocycles. The number of aromatic nitrogens is 8. The van der Waals surface area contributed by atoms with Gasteiger partial charge in [0.05, 0.1) is 64.4 Å². The van der Waals surface area contributed by atoms with Crippen molar-refractivity contribution in [3.05, 3.63) is 125 Å². The van der Waals surface area contributed by atoms with E-state index in [0.717, 1.165) is 33.0 Å². The number of aliphatic hydroxyl groups is 2. The molecule has 22 aliphatic heterocycles. The number of pyridine rings is 4. The van der Waals surface area contributed by atoms with Crippen LogP contribution in [-0.2, 0) is 140 Å². The van der Waals surface area contributed by atoms with Crippen molar-refractivity contribution in [3.8, 4) is 34.3 Å². The van der Waals surface area contributed by atoms with Crippen molar-refractivity contribution in [2.75, 3.05) is 270 Å². The fourth-order valence-electron chi connectivity index (χ4n) is 18.7. The molecule has 0 radical (unpaired) electrons. The Labute approximate surface area is 856 Å². The molecule has 0 bridgehead atoms. The van der Waals surface area contributed by atoms with Crippen molar-refractivity contribution in [2.24, 2.45) is 0 Å². The quantitative estimate of drug-likeness (QED) is 0.0166. The summed E-state index contributed by atoms with van der Waals surface area (Å²) in [5.41, 5.74) is 10.8. The highest BCUT2D eigenvalue weighted by Gasteiger charge is 2.58. The maximum atomic E-state index is 13.2. The molecular weight excluding hydrogens is 2060 g/mol. The first-order valence-corrected chi connectivity index (χ1v) is 64.8. The number of nitrogens with two attached hydrogens (primary N) is 1. The molecule has 18 saturated heterocycles. The normalized spacial score (nSPS) is 24.6.